The second-order valence-corrected chi connectivity index (χ2v) is 12.9. The van der Waals surface area contributed by atoms with Crippen LogP contribution in [0.3, 0.4) is 0 Å². The number of carbonyl (C=O) groups excluding carboxylic acids is 1. The lowest BCUT2D eigenvalue weighted by atomic mass is 9.94. The Morgan fingerprint density at radius 2 is 1.92 bits per heavy atom. The van der Waals surface area contributed by atoms with Crippen molar-refractivity contribution in [2.24, 2.45) is 15.4 Å². The number of halogens is 1. The van der Waals surface area contributed by atoms with Crippen LogP contribution in [0.1, 0.15) is 51.8 Å². The number of amides is 1. The van der Waals surface area contributed by atoms with E-state index in [4.69, 9.17) is 14.1 Å². The molecule has 0 aliphatic carbocycles. The highest BCUT2D eigenvalue weighted by Gasteiger charge is 2.26. The first-order valence-corrected chi connectivity index (χ1v) is 17.0. The second kappa shape index (κ2) is 15.0. The number of hydrogen-bond acceptors (Lipinski definition) is 9. The minimum Gasteiger partial charge on any atom is -0.496 e. The molecule has 0 bridgehead atoms. The molecule has 2 aliphatic rings. The van der Waals surface area contributed by atoms with E-state index in [1.54, 1.807) is 49.9 Å². The molecule has 258 valence electrons. The maximum absolute atomic E-state index is 14.0. The number of methoxy groups -OCH3 is 1. The van der Waals surface area contributed by atoms with Crippen molar-refractivity contribution in [3.63, 3.8) is 0 Å². The summed E-state index contributed by atoms with van der Waals surface area (Å²) >= 11 is 0. The normalized spacial score (nSPS) is 16.9. The Morgan fingerprint density at radius 3 is 2.70 bits per heavy atom. The SMILES string of the molecule is COc1ccc(C2C=NN=N2)cc1C(=O)N(C)CC(CCN1CCCN(c2nc3ccccc3n2Cc2ccoc2)CC1)c1ccc(F)cc1. The zero-order valence-electron chi connectivity index (χ0n) is 28.4. The molecule has 2 unspecified atom stereocenters. The summed E-state index contributed by atoms with van der Waals surface area (Å²) in [7, 11) is 3.36. The minimum atomic E-state index is -0.329. The molecule has 12 heteroatoms. The fourth-order valence-corrected chi connectivity index (χ4v) is 6.91. The van der Waals surface area contributed by atoms with Crippen LogP contribution in [0.25, 0.3) is 11.0 Å². The van der Waals surface area contributed by atoms with Gasteiger partial charge in [-0.05, 0) is 84.7 Å². The van der Waals surface area contributed by atoms with Crippen LogP contribution in [-0.4, -0.2) is 84.9 Å². The molecule has 2 aromatic heterocycles. The number of nitrogens with zero attached hydrogens (tertiary/aromatic N) is 8. The van der Waals surface area contributed by atoms with Crippen LogP contribution in [0.5, 0.6) is 5.75 Å². The molecule has 4 heterocycles. The van der Waals surface area contributed by atoms with Crippen molar-refractivity contribution in [2.75, 3.05) is 58.3 Å². The van der Waals surface area contributed by atoms with E-state index in [0.29, 0.717) is 24.4 Å². The highest BCUT2D eigenvalue weighted by molar-refractivity contribution is 5.97. The van der Waals surface area contributed by atoms with Gasteiger partial charge in [-0.2, -0.15) is 5.11 Å². The third kappa shape index (κ3) is 7.30. The van der Waals surface area contributed by atoms with Crippen molar-refractivity contribution in [3.05, 3.63) is 113 Å². The summed E-state index contributed by atoms with van der Waals surface area (Å²) in [5.41, 5.74) is 5.45. The van der Waals surface area contributed by atoms with Gasteiger partial charge in [0, 0.05) is 44.7 Å². The fraction of sp³-hybridized carbons (Fsp3) is 0.342. The van der Waals surface area contributed by atoms with Crippen LogP contribution < -0.4 is 9.64 Å². The van der Waals surface area contributed by atoms with Crippen LogP contribution in [0.4, 0.5) is 10.3 Å². The summed E-state index contributed by atoms with van der Waals surface area (Å²) in [4.78, 5) is 25.6. The number of fused-ring (bicyclic) bond motifs is 1. The summed E-state index contributed by atoms with van der Waals surface area (Å²) in [6.07, 6.45) is 6.94. The lowest BCUT2D eigenvalue weighted by Gasteiger charge is -2.28. The number of ether oxygens (including phenoxy) is 1. The van der Waals surface area contributed by atoms with E-state index < -0.39 is 0 Å². The fourth-order valence-electron chi connectivity index (χ4n) is 6.91. The average molecular weight is 677 g/mol. The van der Waals surface area contributed by atoms with Crippen LogP contribution in [0.15, 0.2) is 105 Å². The standard InChI is InChI=1S/C38H41FN8O3/c1-44(37(48)32-22-29(10-13-36(32)49-2)34-23-40-43-42-34)25-30(28-8-11-31(39)12-9-28)14-18-45-16-5-17-46(20-19-45)38-41-33-6-3-4-7-35(33)47(38)24-27-15-21-50-26-27/h3-4,6-13,15,21-23,26,30,34H,5,14,16-20,24-25H2,1-2H3. The van der Waals surface area contributed by atoms with Crippen molar-refractivity contribution in [1.29, 1.82) is 0 Å². The molecule has 1 saturated heterocycles. The maximum Gasteiger partial charge on any atom is 0.257 e. The van der Waals surface area contributed by atoms with Crippen LogP contribution >= 0.6 is 0 Å². The minimum absolute atomic E-state index is 0.00648. The molecule has 2 atom stereocenters. The molecule has 2 aliphatic heterocycles. The third-order valence-electron chi connectivity index (χ3n) is 9.63. The molecule has 50 heavy (non-hydrogen) atoms. The number of rotatable bonds is 12. The van der Waals surface area contributed by atoms with Crippen molar-refractivity contribution >= 4 is 29.1 Å². The molecule has 5 aromatic rings. The van der Waals surface area contributed by atoms with E-state index in [2.05, 4.69) is 48.0 Å². The molecule has 1 fully saturated rings. The van der Waals surface area contributed by atoms with Gasteiger partial charge in [0.1, 0.15) is 17.6 Å². The maximum atomic E-state index is 14.0. The quantitative estimate of drug-likeness (QED) is 0.144. The molecule has 0 spiro atoms. The zero-order valence-corrected chi connectivity index (χ0v) is 28.4. The van der Waals surface area contributed by atoms with Gasteiger partial charge in [0.05, 0.1) is 49.0 Å². The molecule has 0 N–H and O–H groups in total. The monoisotopic (exact) mass is 676 g/mol. The van der Waals surface area contributed by atoms with Gasteiger partial charge in [0.25, 0.3) is 5.91 Å². The predicted molar refractivity (Wildman–Crippen MR) is 191 cm³/mol. The van der Waals surface area contributed by atoms with Crippen molar-refractivity contribution in [1.82, 2.24) is 19.4 Å². The molecule has 1 amide bonds. The topological polar surface area (TPSA) is 104 Å². The first-order valence-electron chi connectivity index (χ1n) is 17.0. The first kappa shape index (κ1) is 33.2. The van der Waals surface area contributed by atoms with Crippen LogP contribution in [0, 0.1) is 5.82 Å². The number of imidazole rings is 1. The number of hydrogen-bond donors (Lipinski definition) is 0. The summed E-state index contributed by atoms with van der Waals surface area (Å²) in [5, 5.41) is 11.7. The van der Waals surface area contributed by atoms with E-state index in [0.717, 1.165) is 79.2 Å². The molecular weight excluding hydrogens is 635 g/mol. The Hall–Kier alpha value is -5.36. The van der Waals surface area contributed by atoms with Crippen LogP contribution in [0.2, 0.25) is 0 Å². The van der Waals surface area contributed by atoms with Gasteiger partial charge in [-0.15, -0.1) is 5.10 Å². The predicted octanol–water partition coefficient (Wildman–Crippen LogP) is 6.78. The smallest absolute Gasteiger partial charge is 0.257 e. The van der Waals surface area contributed by atoms with Gasteiger partial charge in [-0.25, -0.2) is 9.37 Å². The molecule has 0 radical (unpaired) electrons. The summed E-state index contributed by atoms with van der Waals surface area (Å²) in [5.74, 6) is 1.02. The Balaban J connectivity index is 1.05. The average Bonchev–Trinajstić information content (AvgIpc) is 3.91. The largest absolute Gasteiger partial charge is 0.496 e. The molecular formula is C38H41FN8O3. The second-order valence-electron chi connectivity index (χ2n) is 12.9. The first-order chi connectivity index (χ1) is 24.5. The Labute approximate surface area is 290 Å². The lowest BCUT2D eigenvalue weighted by molar-refractivity contribution is 0.0779. The molecule has 3 aromatic carbocycles. The summed E-state index contributed by atoms with van der Waals surface area (Å²) in [6.45, 7) is 5.57. The van der Waals surface area contributed by atoms with E-state index >= 15 is 0 Å². The highest BCUT2D eigenvalue weighted by Crippen LogP contribution is 2.30. The Morgan fingerprint density at radius 1 is 1.06 bits per heavy atom. The van der Waals surface area contributed by atoms with Gasteiger partial charge < -0.3 is 28.4 Å². The van der Waals surface area contributed by atoms with E-state index in [-0.39, 0.29) is 23.7 Å². The molecule has 0 saturated carbocycles. The molecule has 11 nitrogen and oxygen atoms in total. The third-order valence-corrected chi connectivity index (χ3v) is 9.63. The van der Waals surface area contributed by atoms with Gasteiger partial charge in [-0.1, -0.05) is 30.3 Å². The number of para-hydroxylation sites is 2. The summed E-state index contributed by atoms with van der Waals surface area (Å²) in [6, 6.07) is 22.0. The number of anilines is 1. The van der Waals surface area contributed by atoms with Crippen molar-refractivity contribution in [3.8, 4) is 5.75 Å². The number of likely N-dealkylation sites (N-methyl/N-ethyl adjacent to an activating group) is 1. The lowest BCUT2D eigenvalue weighted by Crippen LogP contribution is -2.35. The Kier molecular flexibility index (Phi) is 9.97. The van der Waals surface area contributed by atoms with Gasteiger partial charge in [0.15, 0.2) is 0 Å². The van der Waals surface area contributed by atoms with E-state index in [1.165, 1.54) is 12.1 Å². The molecule has 7 rings (SSSR count). The van der Waals surface area contributed by atoms with Crippen molar-refractivity contribution in [2.45, 2.75) is 31.3 Å². The zero-order chi connectivity index (χ0) is 34.5. The highest BCUT2D eigenvalue weighted by atomic mass is 19.1. The van der Waals surface area contributed by atoms with Gasteiger partial charge >= 0.3 is 0 Å². The number of benzene rings is 3. The van der Waals surface area contributed by atoms with Gasteiger partial charge in [-0.3, -0.25) is 4.79 Å². The van der Waals surface area contributed by atoms with E-state index in [9.17, 15) is 9.18 Å². The number of aromatic nitrogens is 2. The van der Waals surface area contributed by atoms with Gasteiger partial charge in [0.2, 0.25) is 5.95 Å². The van der Waals surface area contributed by atoms with E-state index in [1.807, 2.05) is 30.3 Å². The number of furan rings is 1. The van der Waals surface area contributed by atoms with Crippen LogP contribution in [-0.2, 0) is 6.54 Å². The summed E-state index contributed by atoms with van der Waals surface area (Å²) < 4.78 is 27.2. The van der Waals surface area contributed by atoms with Crippen molar-refractivity contribution < 1.29 is 18.3 Å². The Bertz CT molecular complexity index is 1960. The number of carbonyl (C=O) groups is 1.